The molecule has 3 heteroatoms. The molecular formula is C9H12O3. The minimum absolute atomic E-state index is 0.0557. The summed E-state index contributed by atoms with van der Waals surface area (Å²) in [5.41, 5.74) is 0.727. The standard InChI is InChI=1S/C9H12O3/c1-9(2)11-7-4-3-6(5-10)8(7)12-9/h3,5,7-8H,4H2,1-2H3. The van der Waals surface area contributed by atoms with Crippen molar-refractivity contribution in [2.75, 3.05) is 0 Å². The van der Waals surface area contributed by atoms with E-state index in [9.17, 15) is 4.79 Å². The molecule has 1 aliphatic heterocycles. The molecule has 1 saturated heterocycles. The van der Waals surface area contributed by atoms with Gasteiger partial charge in [0, 0.05) is 5.57 Å². The predicted molar refractivity (Wildman–Crippen MR) is 42.6 cm³/mol. The summed E-state index contributed by atoms with van der Waals surface area (Å²) in [6.45, 7) is 3.74. The van der Waals surface area contributed by atoms with E-state index in [-0.39, 0.29) is 12.2 Å². The molecule has 0 aromatic carbocycles. The summed E-state index contributed by atoms with van der Waals surface area (Å²) in [5, 5.41) is 0. The number of ether oxygens (including phenoxy) is 2. The first kappa shape index (κ1) is 7.95. The fraction of sp³-hybridized carbons (Fsp3) is 0.667. The molecule has 0 aromatic rings. The molecule has 1 aliphatic carbocycles. The summed E-state index contributed by atoms with van der Waals surface area (Å²) in [6.07, 6.45) is 3.47. The second-order valence-corrected chi connectivity index (χ2v) is 3.65. The maximum absolute atomic E-state index is 10.6. The maximum Gasteiger partial charge on any atom is 0.164 e. The number of fused-ring (bicyclic) bond motifs is 1. The van der Waals surface area contributed by atoms with Crippen molar-refractivity contribution in [1.82, 2.24) is 0 Å². The van der Waals surface area contributed by atoms with E-state index in [2.05, 4.69) is 0 Å². The fourth-order valence-corrected chi connectivity index (χ4v) is 1.77. The van der Waals surface area contributed by atoms with Crippen LogP contribution in [0, 0.1) is 0 Å². The summed E-state index contributed by atoms with van der Waals surface area (Å²) >= 11 is 0. The monoisotopic (exact) mass is 168 g/mol. The first-order valence-electron chi connectivity index (χ1n) is 4.13. The van der Waals surface area contributed by atoms with Gasteiger partial charge < -0.3 is 9.47 Å². The molecule has 0 radical (unpaired) electrons. The largest absolute Gasteiger partial charge is 0.344 e. The van der Waals surface area contributed by atoms with Gasteiger partial charge in [-0.15, -0.1) is 0 Å². The number of hydrogen-bond donors (Lipinski definition) is 0. The number of aldehydes is 1. The highest BCUT2D eigenvalue weighted by molar-refractivity contribution is 5.76. The summed E-state index contributed by atoms with van der Waals surface area (Å²) in [4.78, 5) is 10.6. The third-order valence-electron chi connectivity index (χ3n) is 2.23. The van der Waals surface area contributed by atoms with Gasteiger partial charge in [0.25, 0.3) is 0 Å². The van der Waals surface area contributed by atoms with E-state index in [1.807, 2.05) is 19.9 Å². The van der Waals surface area contributed by atoms with Crippen LogP contribution < -0.4 is 0 Å². The predicted octanol–water partition coefficient (Wildman–Crippen LogP) is 1.04. The summed E-state index contributed by atoms with van der Waals surface area (Å²) in [7, 11) is 0. The molecule has 1 fully saturated rings. The van der Waals surface area contributed by atoms with Gasteiger partial charge in [0.1, 0.15) is 12.4 Å². The van der Waals surface area contributed by atoms with Gasteiger partial charge in [-0.2, -0.15) is 0 Å². The molecule has 0 bridgehead atoms. The van der Waals surface area contributed by atoms with Gasteiger partial charge in [0.05, 0.1) is 6.10 Å². The molecule has 12 heavy (non-hydrogen) atoms. The zero-order valence-corrected chi connectivity index (χ0v) is 7.24. The fourth-order valence-electron chi connectivity index (χ4n) is 1.77. The minimum Gasteiger partial charge on any atom is -0.344 e. The molecule has 0 amide bonds. The normalized spacial score (nSPS) is 37.7. The lowest BCUT2D eigenvalue weighted by atomic mass is 10.2. The quantitative estimate of drug-likeness (QED) is 0.549. The lowest BCUT2D eigenvalue weighted by Crippen LogP contribution is -2.22. The van der Waals surface area contributed by atoms with E-state index in [0.717, 1.165) is 18.3 Å². The smallest absolute Gasteiger partial charge is 0.164 e. The van der Waals surface area contributed by atoms with Gasteiger partial charge in [-0.3, -0.25) is 4.79 Å². The Hall–Kier alpha value is -0.670. The topological polar surface area (TPSA) is 35.5 Å². The van der Waals surface area contributed by atoms with Crippen LogP contribution in [0.3, 0.4) is 0 Å². The van der Waals surface area contributed by atoms with E-state index in [1.165, 1.54) is 0 Å². The molecule has 0 N–H and O–H groups in total. The molecule has 1 heterocycles. The SMILES string of the molecule is CC1(C)OC2CC=C(C=O)C2O1. The highest BCUT2D eigenvalue weighted by Gasteiger charge is 2.45. The highest BCUT2D eigenvalue weighted by atomic mass is 16.8. The Morgan fingerprint density at radius 2 is 2.33 bits per heavy atom. The average molecular weight is 168 g/mol. The van der Waals surface area contributed by atoms with Crippen molar-refractivity contribution in [2.45, 2.75) is 38.3 Å². The van der Waals surface area contributed by atoms with E-state index < -0.39 is 5.79 Å². The molecule has 3 nitrogen and oxygen atoms in total. The van der Waals surface area contributed by atoms with Crippen LogP contribution in [0.15, 0.2) is 11.6 Å². The van der Waals surface area contributed by atoms with Crippen molar-refractivity contribution in [1.29, 1.82) is 0 Å². The van der Waals surface area contributed by atoms with Crippen LogP contribution in [0.4, 0.5) is 0 Å². The minimum atomic E-state index is -0.530. The summed E-state index contributed by atoms with van der Waals surface area (Å²) in [5.74, 6) is -0.530. The Morgan fingerprint density at radius 3 is 3.00 bits per heavy atom. The third kappa shape index (κ3) is 1.09. The molecule has 2 rings (SSSR count). The van der Waals surface area contributed by atoms with Crippen molar-refractivity contribution in [3.05, 3.63) is 11.6 Å². The van der Waals surface area contributed by atoms with E-state index in [1.54, 1.807) is 0 Å². The Bertz CT molecular complexity index is 242. The van der Waals surface area contributed by atoms with Crippen molar-refractivity contribution in [2.24, 2.45) is 0 Å². The van der Waals surface area contributed by atoms with Crippen LogP contribution >= 0.6 is 0 Å². The van der Waals surface area contributed by atoms with E-state index in [0.29, 0.717) is 0 Å². The molecule has 66 valence electrons. The third-order valence-corrected chi connectivity index (χ3v) is 2.23. The van der Waals surface area contributed by atoms with E-state index in [4.69, 9.17) is 9.47 Å². The van der Waals surface area contributed by atoms with Crippen LogP contribution in [-0.4, -0.2) is 24.3 Å². The van der Waals surface area contributed by atoms with Crippen LogP contribution in [0.1, 0.15) is 20.3 Å². The lowest BCUT2D eigenvalue weighted by Gasteiger charge is -2.17. The molecule has 0 aromatic heterocycles. The lowest BCUT2D eigenvalue weighted by molar-refractivity contribution is -0.145. The van der Waals surface area contributed by atoms with Gasteiger partial charge >= 0.3 is 0 Å². The van der Waals surface area contributed by atoms with Crippen LogP contribution in [-0.2, 0) is 14.3 Å². The highest BCUT2D eigenvalue weighted by Crippen LogP contribution is 2.37. The Balaban J connectivity index is 2.17. The second-order valence-electron chi connectivity index (χ2n) is 3.65. The van der Waals surface area contributed by atoms with Crippen LogP contribution in [0.2, 0.25) is 0 Å². The Labute approximate surface area is 71.3 Å². The summed E-state index contributed by atoms with van der Waals surface area (Å²) < 4.78 is 11.1. The number of carbonyl (C=O) groups excluding carboxylic acids is 1. The van der Waals surface area contributed by atoms with Crippen molar-refractivity contribution in [3.8, 4) is 0 Å². The van der Waals surface area contributed by atoms with Gasteiger partial charge in [-0.1, -0.05) is 6.08 Å². The molecule has 0 spiro atoms. The van der Waals surface area contributed by atoms with Gasteiger partial charge in [0.2, 0.25) is 0 Å². The first-order valence-corrected chi connectivity index (χ1v) is 4.13. The van der Waals surface area contributed by atoms with E-state index >= 15 is 0 Å². The average Bonchev–Trinajstić information content (AvgIpc) is 2.42. The van der Waals surface area contributed by atoms with Crippen molar-refractivity contribution in [3.63, 3.8) is 0 Å². The zero-order chi connectivity index (χ0) is 8.77. The molecule has 2 aliphatic rings. The molecule has 2 unspecified atom stereocenters. The molecule has 2 atom stereocenters. The van der Waals surface area contributed by atoms with Gasteiger partial charge in [-0.25, -0.2) is 0 Å². The zero-order valence-electron chi connectivity index (χ0n) is 7.24. The Kier molecular flexibility index (Phi) is 1.59. The van der Waals surface area contributed by atoms with Crippen LogP contribution in [0.5, 0.6) is 0 Å². The second kappa shape index (κ2) is 2.41. The molecular weight excluding hydrogens is 156 g/mol. The van der Waals surface area contributed by atoms with Crippen molar-refractivity contribution < 1.29 is 14.3 Å². The number of hydrogen-bond acceptors (Lipinski definition) is 3. The van der Waals surface area contributed by atoms with Crippen LogP contribution in [0.25, 0.3) is 0 Å². The number of rotatable bonds is 1. The number of carbonyl (C=O) groups is 1. The first-order chi connectivity index (χ1) is 5.62. The molecule has 0 saturated carbocycles. The summed E-state index contributed by atoms with van der Waals surface area (Å²) in [6, 6.07) is 0. The van der Waals surface area contributed by atoms with Gasteiger partial charge in [-0.05, 0) is 20.3 Å². The maximum atomic E-state index is 10.6. The Morgan fingerprint density at radius 1 is 1.58 bits per heavy atom. The van der Waals surface area contributed by atoms with Gasteiger partial charge in [0.15, 0.2) is 5.79 Å². The van der Waals surface area contributed by atoms with Crippen molar-refractivity contribution >= 4 is 6.29 Å².